The SMILES string of the molecule is C=Cc1cccc2c1[nH]c1ccccc12.CC(=O)O. The second kappa shape index (κ2) is 5.40. The number of fused-ring (bicyclic) bond motifs is 3. The van der Waals surface area contributed by atoms with E-state index in [4.69, 9.17) is 9.90 Å². The van der Waals surface area contributed by atoms with Crippen LogP contribution in [0.4, 0.5) is 0 Å². The van der Waals surface area contributed by atoms with Crippen molar-refractivity contribution in [1.29, 1.82) is 0 Å². The molecule has 0 radical (unpaired) electrons. The summed E-state index contributed by atoms with van der Waals surface area (Å²) in [7, 11) is 0. The molecule has 0 bridgehead atoms. The zero-order valence-corrected chi connectivity index (χ0v) is 10.7. The summed E-state index contributed by atoms with van der Waals surface area (Å²) in [6.45, 7) is 4.91. The third kappa shape index (κ3) is 2.65. The van der Waals surface area contributed by atoms with Crippen LogP contribution in [-0.4, -0.2) is 16.1 Å². The van der Waals surface area contributed by atoms with Crippen LogP contribution in [-0.2, 0) is 4.79 Å². The number of aromatic amines is 1. The van der Waals surface area contributed by atoms with E-state index in [2.05, 4.69) is 48.0 Å². The van der Waals surface area contributed by atoms with Crippen molar-refractivity contribution in [2.75, 3.05) is 0 Å². The predicted octanol–water partition coefficient (Wildman–Crippen LogP) is 4.06. The molecule has 3 rings (SSSR count). The van der Waals surface area contributed by atoms with Gasteiger partial charge in [0.15, 0.2) is 0 Å². The summed E-state index contributed by atoms with van der Waals surface area (Å²) in [4.78, 5) is 12.4. The number of carboxylic acids is 1. The van der Waals surface area contributed by atoms with Crippen molar-refractivity contribution in [3.63, 3.8) is 0 Å². The molecule has 2 N–H and O–H groups in total. The van der Waals surface area contributed by atoms with Crippen LogP contribution in [0.15, 0.2) is 49.0 Å². The van der Waals surface area contributed by atoms with Gasteiger partial charge in [-0.25, -0.2) is 0 Å². The molecular formula is C16H15NO2. The fraction of sp³-hybridized carbons (Fsp3) is 0.0625. The van der Waals surface area contributed by atoms with E-state index < -0.39 is 5.97 Å². The molecule has 96 valence electrons. The lowest BCUT2D eigenvalue weighted by atomic mass is 10.1. The first kappa shape index (κ1) is 12.9. The zero-order chi connectivity index (χ0) is 13.8. The Morgan fingerprint density at radius 2 is 1.79 bits per heavy atom. The average Bonchev–Trinajstić information content (AvgIpc) is 2.76. The van der Waals surface area contributed by atoms with Gasteiger partial charge in [0.05, 0.1) is 5.52 Å². The molecule has 0 aliphatic rings. The summed E-state index contributed by atoms with van der Waals surface area (Å²) in [5.74, 6) is -0.833. The number of aromatic nitrogens is 1. The first-order valence-corrected chi connectivity index (χ1v) is 5.95. The second-order valence-corrected chi connectivity index (χ2v) is 4.16. The molecule has 0 aliphatic carbocycles. The molecule has 0 unspecified atom stereocenters. The maximum atomic E-state index is 9.00. The molecule has 0 saturated carbocycles. The van der Waals surface area contributed by atoms with Crippen LogP contribution in [0.3, 0.4) is 0 Å². The van der Waals surface area contributed by atoms with Gasteiger partial charge in [0.1, 0.15) is 0 Å². The number of benzene rings is 2. The summed E-state index contributed by atoms with van der Waals surface area (Å²) < 4.78 is 0. The van der Waals surface area contributed by atoms with Crippen LogP contribution >= 0.6 is 0 Å². The van der Waals surface area contributed by atoms with Gasteiger partial charge in [0.25, 0.3) is 5.97 Å². The fourth-order valence-corrected chi connectivity index (χ4v) is 2.07. The quantitative estimate of drug-likeness (QED) is 0.687. The van der Waals surface area contributed by atoms with E-state index in [1.54, 1.807) is 0 Å². The zero-order valence-electron chi connectivity index (χ0n) is 10.7. The number of H-pyrrole nitrogens is 1. The van der Waals surface area contributed by atoms with Gasteiger partial charge in [0, 0.05) is 23.2 Å². The van der Waals surface area contributed by atoms with E-state index in [0.29, 0.717) is 0 Å². The van der Waals surface area contributed by atoms with Crippen molar-refractivity contribution in [2.24, 2.45) is 0 Å². The Bertz CT molecular complexity index is 737. The molecule has 0 amide bonds. The summed E-state index contributed by atoms with van der Waals surface area (Å²) in [5.41, 5.74) is 3.51. The third-order valence-corrected chi connectivity index (χ3v) is 2.79. The minimum Gasteiger partial charge on any atom is -0.481 e. The third-order valence-electron chi connectivity index (χ3n) is 2.79. The van der Waals surface area contributed by atoms with E-state index >= 15 is 0 Å². The van der Waals surface area contributed by atoms with Crippen molar-refractivity contribution in [3.8, 4) is 0 Å². The smallest absolute Gasteiger partial charge is 0.300 e. The summed E-state index contributed by atoms with van der Waals surface area (Å²) in [6, 6.07) is 14.6. The van der Waals surface area contributed by atoms with Gasteiger partial charge in [-0.2, -0.15) is 0 Å². The van der Waals surface area contributed by atoms with Crippen LogP contribution in [0.25, 0.3) is 27.9 Å². The van der Waals surface area contributed by atoms with E-state index in [-0.39, 0.29) is 0 Å². The Hall–Kier alpha value is -2.55. The number of hydrogen-bond donors (Lipinski definition) is 2. The molecule has 0 spiro atoms. The molecule has 2 aromatic carbocycles. The van der Waals surface area contributed by atoms with E-state index in [1.807, 2.05) is 12.1 Å². The number of aliphatic carboxylic acids is 1. The molecule has 0 atom stereocenters. The van der Waals surface area contributed by atoms with Crippen LogP contribution in [0.2, 0.25) is 0 Å². The Morgan fingerprint density at radius 3 is 2.47 bits per heavy atom. The van der Waals surface area contributed by atoms with E-state index in [9.17, 15) is 0 Å². The van der Waals surface area contributed by atoms with Crippen LogP contribution in [0.5, 0.6) is 0 Å². The topological polar surface area (TPSA) is 53.1 Å². The van der Waals surface area contributed by atoms with Gasteiger partial charge in [0.2, 0.25) is 0 Å². The van der Waals surface area contributed by atoms with Crippen molar-refractivity contribution < 1.29 is 9.90 Å². The summed E-state index contributed by atoms with van der Waals surface area (Å²) in [6.07, 6.45) is 1.89. The maximum Gasteiger partial charge on any atom is 0.300 e. The fourth-order valence-electron chi connectivity index (χ4n) is 2.07. The Kier molecular flexibility index (Phi) is 3.66. The molecule has 0 fully saturated rings. The maximum absolute atomic E-state index is 9.00. The molecular weight excluding hydrogens is 238 g/mol. The number of para-hydroxylation sites is 2. The van der Waals surface area contributed by atoms with Crippen molar-refractivity contribution in [1.82, 2.24) is 4.98 Å². The van der Waals surface area contributed by atoms with Crippen LogP contribution in [0, 0.1) is 0 Å². The molecule has 1 aromatic heterocycles. The van der Waals surface area contributed by atoms with E-state index in [0.717, 1.165) is 12.5 Å². The molecule has 1 heterocycles. The molecule has 3 nitrogen and oxygen atoms in total. The highest BCUT2D eigenvalue weighted by Crippen LogP contribution is 2.27. The van der Waals surface area contributed by atoms with E-state index in [1.165, 1.54) is 21.8 Å². The Labute approximate surface area is 111 Å². The number of nitrogens with one attached hydrogen (secondary N) is 1. The molecule has 3 heteroatoms. The number of rotatable bonds is 1. The monoisotopic (exact) mass is 253 g/mol. The molecule has 3 aromatic rings. The van der Waals surface area contributed by atoms with Crippen LogP contribution < -0.4 is 0 Å². The largest absolute Gasteiger partial charge is 0.481 e. The van der Waals surface area contributed by atoms with Gasteiger partial charge >= 0.3 is 0 Å². The second-order valence-electron chi connectivity index (χ2n) is 4.16. The van der Waals surface area contributed by atoms with Crippen molar-refractivity contribution in [3.05, 3.63) is 54.6 Å². The van der Waals surface area contributed by atoms with Gasteiger partial charge in [-0.3, -0.25) is 4.79 Å². The predicted molar refractivity (Wildman–Crippen MR) is 79.2 cm³/mol. The molecule has 19 heavy (non-hydrogen) atoms. The lowest BCUT2D eigenvalue weighted by molar-refractivity contribution is -0.134. The molecule has 0 aliphatic heterocycles. The van der Waals surface area contributed by atoms with Gasteiger partial charge < -0.3 is 10.1 Å². The lowest BCUT2D eigenvalue weighted by Crippen LogP contribution is -1.78. The summed E-state index contributed by atoms with van der Waals surface area (Å²) in [5, 5.41) is 9.96. The van der Waals surface area contributed by atoms with Gasteiger partial charge in [-0.15, -0.1) is 0 Å². The number of carboxylic acid groups (broad SMARTS) is 1. The van der Waals surface area contributed by atoms with Crippen molar-refractivity contribution in [2.45, 2.75) is 6.92 Å². The highest BCUT2D eigenvalue weighted by atomic mass is 16.4. The first-order valence-electron chi connectivity index (χ1n) is 5.95. The minimum absolute atomic E-state index is 0.833. The van der Waals surface area contributed by atoms with Crippen LogP contribution in [0.1, 0.15) is 12.5 Å². The molecule has 0 saturated heterocycles. The Balaban J connectivity index is 0.000000297. The number of hydrogen-bond acceptors (Lipinski definition) is 1. The number of carbonyl (C=O) groups is 1. The van der Waals surface area contributed by atoms with Gasteiger partial charge in [-0.05, 0) is 11.6 Å². The highest BCUT2D eigenvalue weighted by Gasteiger charge is 2.04. The average molecular weight is 253 g/mol. The minimum atomic E-state index is -0.833. The summed E-state index contributed by atoms with van der Waals surface area (Å²) >= 11 is 0. The van der Waals surface area contributed by atoms with Crippen molar-refractivity contribution >= 4 is 33.9 Å². The Morgan fingerprint density at radius 1 is 1.16 bits per heavy atom. The normalized spacial score (nSPS) is 9.95. The first-order chi connectivity index (χ1) is 9.13. The van der Waals surface area contributed by atoms with Gasteiger partial charge in [-0.1, -0.05) is 49.1 Å². The standard InChI is InChI=1S/C14H11N.C2H4O2/c1-2-10-6-5-8-12-11-7-3-4-9-13(11)15-14(10)12;1-2(3)4/h2-9,15H,1H2;1H3,(H,3,4). The highest BCUT2D eigenvalue weighted by molar-refractivity contribution is 6.09. The lowest BCUT2D eigenvalue weighted by Gasteiger charge is -1.94.